The molecule has 1 amide bonds. The molecule has 0 saturated carbocycles. The van der Waals surface area contributed by atoms with Crippen molar-refractivity contribution in [2.75, 3.05) is 25.0 Å². The van der Waals surface area contributed by atoms with Crippen LogP contribution in [0.4, 0.5) is 5.69 Å². The van der Waals surface area contributed by atoms with Gasteiger partial charge in [-0.15, -0.1) is 0 Å². The molecule has 0 aliphatic carbocycles. The lowest BCUT2D eigenvalue weighted by Gasteiger charge is -2.31. The molecular formula is C16H25N2O2+. The van der Waals surface area contributed by atoms with Crippen LogP contribution in [0.25, 0.3) is 0 Å². The van der Waals surface area contributed by atoms with Crippen LogP contribution in [0.3, 0.4) is 0 Å². The number of carbonyl (C=O) groups is 1. The number of ether oxygens (including phenoxy) is 1. The third kappa shape index (κ3) is 4.05. The summed E-state index contributed by atoms with van der Waals surface area (Å²) in [4.78, 5) is 13.4. The second kappa shape index (κ2) is 6.37. The van der Waals surface area contributed by atoms with E-state index in [9.17, 15) is 4.79 Å². The highest BCUT2D eigenvalue weighted by Gasteiger charge is 2.27. The first-order chi connectivity index (χ1) is 9.44. The number of nitrogens with one attached hydrogen (secondary N) is 2. The quantitative estimate of drug-likeness (QED) is 0.863. The minimum absolute atomic E-state index is 0.0737. The average Bonchev–Trinajstić information content (AvgIpc) is 2.32. The van der Waals surface area contributed by atoms with Gasteiger partial charge in [-0.05, 0) is 51.0 Å². The molecule has 1 saturated heterocycles. The van der Waals surface area contributed by atoms with Gasteiger partial charge in [-0.3, -0.25) is 4.79 Å². The molecule has 1 fully saturated rings. The van der Waals surface area contributed by atoms with Crippen molar-refractivity contribution >= 4 is 11.6 Å². The molecule has 4 heteroatoms. The molecule has 3 atom stereocenters. The number of amides is 1. The molecule has 1 unspecified atom stereocenters. The van der Waals surface area contributed by atoms with E-state index in [1.54, 1.807) is 0 Å². The van der Waals surface area contributed by atoms with Crippen LogP contribution in [0.1, 0.15) is 25.0 Å². The topological polar surface area (TPSA) is 42.8 Å². The molecule has 1 aromatic carbocycles. The summed E-state index contributed by atoms with van der Waals surface area (Å²) in [6.07, 6.45) is 0.450. The summed E-state index contributed by atoms with van der Waals surface area (Å²) in [5.41, 5.74) is 3.32. The second-order valence-electron chi connectivity index (χ2n) is 5.94. The fourth-order valence-corrected chi connectivity index (χ4v) is 2.78. The maximum atomic E-state index is 12.1. The lowest BCUT2D eigenvalue weighted by atomic mass is 10.1. The molecule has 0 radical (unpaired) electrons. The molecule has 2 rings (SSSR count). The van der Waals surface area contributed by atoms with Crippen LogP contribution in [0.15, 0.2) is 18.2 Å². The smallest absolute Gasteiger partial charge is 0.279 e. The van der Waals surface area contributed by atoms with Gasteiger partial charge in [-0.2, -0.15) is 0 Å². The summed E-state index contributed by atoms with van der Waals surface area (Å²) < 4.78 is 5.69. The minimum atomic E-state index is 0.0737. The van der Waals surface area contributed by atoms with Crippen molar-refractivity contribution in [2.24, 2.45) is 0 Å². The van der Waals surface area contributed by atoms with Gasteiger partial charge in [0.2, 0.25) is 0 Å². The molecule has 20 heavy (non-hydrogen) atoms. The van der Waals surface area contributed by atoms with E-state index in [1.807, 2.05) is 18.2 Å². The number of carbonyl (C=O) groups excluding carboxylic acids is 1. The summed E-state index contributed by atoms with van der Waals surface area (Å²) in [6.45, 7) is 10.6. The van der Waals surface area contributed by atoms with Crippen molar-refractivity contribution < 1.29 is 14.4 Å². The monoisotopic (exact) mass is 277 g/mol. The van der Waals surface area contributed by atoms with Crippen LogP contribution >= 0.6 is 0 Å². The Hall–Kier alpha value is -1.39. The predicted octanol–water partition coefficient (Wildman–Crippen LogP) is 0.934. The number of hydrogen-bond acceptors (Lipinski definition) is 2. The highest BCUT2D eigenvalue weighted by Crippen LogP contribution is 2.13. The number of anilines is 1. The number of aryl methyl sites for hydroxylation is 2. The van der Waals surface area contributed by atoms with E-state index >= 15 is 0 Å². The number of hydrogen-bond donors (Lipinski definition) is 2. The molecule has 1 aliphatic heterocycles. The summed E-state index contributed by atoms with van der Waals surface area (Å²) in [7, 11) is 0. The lowest BCUT2D eigenvalue weighted by molar-refractivity contribution is -0.907. The maximum Gasteiger partial charge on any atom is 0.279 e. The molecule has 1 heterocycles. The van der Waals surface area contributed by atoms with Crippen molar-refractivity contribution in [1.29, 1.82) is 0 Å². The van der Waals surface area contributed by atoms with Crippen LogP contribution in [0.2, 0.25) is 0 Å². The second-order valence-corrected chi connectivity index (χ2v) is 5.94. The Morgan fingerprint density at radius 1 is 1.25 bits per heavy atom. The Balaban J connectivity index is 1.90. The fourth-order valence-electron chi connectivity index (χ4n) is 2.78. The van der Waals surface area contributed by atoms with E-state index in [-0.39, 0.29) is 18.1 Å². The van der Waals surface area contributed by atoms with Crippen molar-refractivity contribution in [3.8, 4) is 0 Å². The number of morpholine rings is 1. The minimum Gasteiger partial charge on any atom is -0.364 e. The standard InChI is InChI=1S/C16H24N2O2/c1-11-5-6-15(7-12(11)2)17-16(19)10-18-8-13(3)20-14(4)9-18/h5-7,13-14H,8-10H2,1-4H3,(H,17,19)/p+1/t13-,14+. The van der Waals surface area contributed by atoms with Gasteiger partial charge in [-0.1, -0.05) is 6.07 Å². The van der Waals surface area contributed by atoms with Gasteiger partial charge in [-0.25, -0.2) is 0 Å². The summed E-state index contributed by atoms with van der Waals surface area (Å²) in [5.74, 6) is 0.0737. The van der Waals surface area contributed by atoms with Crippen LogP contribution in [-0.2, 0) is 9.53 Å². The lowest BCUT2D eigenvalue weighted by Crippen LogP contribution is -3.16. The highest BCUT2D eigenvalue weighted by atomic mass is 16.5. The molecule has 0 bridgehead atoms. The molecule has 1 aliphatic rings. The Labute approximate surface area is 121 Å². The van der Waals surface area contributed by atoms with Gasteiger partial charge in [0.1, 0.15) is 25.3 Å². The van der Waals surface area contributed by atoms with E-state index in [2.05, 4.69) is 33.0 Å². The third-order valence-corrected chi connectivity index (χ3v) is 3.82. The van der Waals surface area contributed by atoms with Crippen molar-refractivity contribution in [3.63, 3.8) is 0 Å². The summed E-state index contributed by atoms with van der Waals surface area (Å²) in [6, 6.07) is 6.02. The maximum absolute atomic E-state index is 12.1. The van der Waals surface area contributed by atoms with E-state index in [1.165, 1.54) is 16.0 Å². The van der Waals surface area contributed by atoms with Gasteiger partial charge >= 0.3 is 0 Å². The summed E-state index contributed by atoms with van der Waals surface area (Å²) >= 11 is 0. The van der Waals surface area contributed by atoms with Crippen LogP contribution in [0, 0.1) is 13.8 Å². The molecule has 110 valence electrons. The predicted molar refractivity (Wildman–Crippen MR) is 80.1 cm³/mol. The normalized spacial score (nSPS) is 26.3. The Morgan fingerprint density at radius 2 is 1.90 bits per heavy atom. The van der Waals surface area contributed by atoms with E-state index in [4.69, 9.17) is 4.74 Å². The number of rotatable bonds is 3. The first kappa shape index (κ1) is 15.0. The van der Waals surface area contributed by atoms with Crippen LogP contribution < -0.4 is 10.2 Å². The van der Waals surface area contributed by atoms with Crippen LogP contribution in [0.5, 0.6) is 0 Å². The zero-order valence-corrected chi connectivity index (χ0v) is 12.8. The SMILES string of the molecule is Cc1ccc(NC(=O)C[NH+]2C[C@@H](C)O[C@@H](C)C2)cc1C. The van der Waals surface area contributed by atoms with Gasteiger partial charge < -0.3 is 15.0 Å². The van der Waals surface area contributed by atoms with Crippen molar-refractivity contribution in [3.05, 3.63) is 29.3 Å². The third-order valence-electron chi connectivity index (χ3n) is 3.82. The Bertz CT molecular complexity index is 477. The van der Waals surface area contributed by atoms with Gasteiger partial charge in [0.15, 0.2) is 6.54 Å². The van der Waals surface area contributed by atoms with Gasteiger partial charge in [0.05, 0.1) is 0 Å². The summed E-state index contributed by atoms with van der Waals surface area (Å²) in [5, 5.41) is 2.99. The number of quaternary nitrogens is 1. The van der Waals surface area contributed by atoms with E-state index in [0.29, 0.717) is 6.54 Å². The van der Waals surface area contributed by atoms with Crippen molar-refractivity contribution in [1.82, 2.24) is 0 Å². The van der Waals surface area contributed by atoms with Gasteiger partial charge in [0.25, 0.3) is 5.91 Å². The zero-order chi connectivity index (χ0) is 14.7. The molecule has 0 spiro atoms. The zero-order valence-electron chi connectivity index (χ0n) is 12.8. The Kier molecular flexibility index (Phi) is 4.78. The largest absolute Gasteiger partial charge is 0.364 e. The van der Waals surface area contributed by atoms with Crippen LogP contribution in [-0.4, -0.2) is 37.7 Å². The fraction of sp³-hybridized carbons (Fsp3) is 0.562. The first-order valence-electron chi connectivity index (χ1n) is 7.30. The molecular weight excluding hydrogens is 252 g/mol. The van der Waals surface area contributed by atoms with Gasteiger partial charge in [0, 0.05) is 5.69 Å². The molecule has 1 aromatic rings. The average molecular weight is 277 g/mol. The van der Waals surface area contributed by atoms with E-state index < -0.39 is 0 Å². The molecule has 2 N–H and O–H groups in total. The highest BCUT2D eigenvalue weighted by molar-refractivity contribution is 5.91. The number of benzene rings is 1. The Morgan fingerprint density at radius 3 is 2.50 bits per heavy atom. The van der Waals surface area contributed by atoms with Crippen molar-refractivity contribution in [2.45, 2.75) is 39.9 Å². The van der Waals surface area contributed by atoms with E-state index in [0.717, 1.165) is 18.8 Å². The molecule has 4 nitrogen and oxygen atoms in total. The molecule has 0 aromatic heterocycles. The first-order valence-corrected chi connectivity index (χ1v) is 7.30.